The SMILES string of the molecule is COc1cc(Br)cc(OC)c1O[C@H](C)[C@@H](O)c1ccc(O)c(O)c1. The fraction of sp³-hybridized carbons (Fsp3) is 0.294. The van der Waals surface area contributed by atoms with Gasteiger partial charge < -0.3 is 29.5 Å². The Bertz CT molecular complexity index is 693. The maximum absolute atomic E-state index is 10.4. The number of benzene rings is 2. The lowest BCUT2D eigenvalue weighted by atomic mass is 10.0. The van der Waals surface area contributed by atoms with Crippen molar-refractivity contribution >= 4 is 15.9 Å². The zero-order valence-corrected chi connectivity index (χ0v) is 15.1. The summed E-state index contributed by atoms with van der Waals surface area (Å²) in [5, 5.41) is 29.4. The Morgan fingerprint density at radius 1 is 0.958 bits per heavy atom. The monoisotopic (exact) mass is 398 g/mol. The van der Waals surface area contributed by atoms with Gasteiger partial charge in [-0.25, -0.2) is 0 Å². The number of phenolic OH excluding ortho intramolecular Hbond substituents is 2. The lowest BCUT2D eigenvalue weighted by Gasteiger charge is -2.23. The van der Waals surface area contributed by atoms with Crippen LogP contribution in [0, 0.1) is 0 Å². The van der Waals surface area contributed by atoms with E-state index < -0.39 is 12.2 Å². The third-order valence-corrected chi connectivity index (χ3v) is 3.97. The summed E-state index contributed by atoms with van der Waals surface area (Å²) in [7, 11) is 3.01. The maximum atomic E-state index is 10.4. The largest absolute Gasteiger partial charge is 0.504 e. The van der Waals surface area contributed by atoms with Gasteiger partial charge >= 0.3 is 0 Å². The smallest absolute Gasteiger partial charge is 0.203 e. The van der Waals surface area contributed by atoms with E-state index in [1.165, 1.54) is 32.4 Å². The van der Waals surface area contributed by atoms with E-state index in [2.05, 4.69) is 15.9 Å². The number of phenols is 2. The molecule has 24 heavy (non-hydrogen) atoms. The molecular formula is C17H19BrO6. The second kappa shape index (κ2) is 7.63. The normalized spacial score (nSPS) is 13.2. The van der Waals surface area contributed by atoms with Crippen LogP contribution in [0.15, 0.2) is 34.8 Å². The van der Waals surface area contributed by atoms with Crippen LogP contribution < -0.4 is 14.2 Å². The Morgan fingerprint density at radius 3 is 2.04 bits per heavy atom. The Labute approximate surface area is 148 Å². The van der Waals surface area contributed by atoms with Gasteiger partial charge in [0.1, 0.15) is 12.2 Å². The molecule has 0 aromatic heterocycles. The van der Waals surface area contributed by atoms with Crippen LogP contribution in [-0.2, 0) is 0 Å². The van der Waals surface area contributed by atoms with Crippen molar-refractivity contribution in [1.82, 2.24) is 0 Å². The van der Waals surface area contributed by atoms with Gasteiger partial charge in [0.25, 0.3) is 0 Å². The zero-order chi connectivity index (χ0) is 17.9. The minimum absolute atomic E-state index is 0.254. The second-order valence-corrected chi connectivity index (χ2v) is 6.07. The summed E-state index contributed by atoms with van der Waals surface area (Å²) >= 11 is 3.36. The molecule has 0 saturated heterocycles. The fourth-order valence-electron chi connectivity index (χ4n) is 2.21. The molecule has 0 saturated carbocycles. The molecule has 0 unspecified atom stereocenters. The van der Waals surface area contributed by atoms with Gasteiger partial charge in [-0.05, 0) is 36.8 Å². The highest BCUT2D eigenvalue weighted by Gasteiger charge is 2.23. The van der Waals surface area contributed by atoms with Gasteiger partial charge in [0, 0.05) is 4.47 Å². The van der Waals surface area contributed by atoms with Crippen LogP contribution in [0.3, 0.4) is 0 Å². The highest BCUT2D eigenvalue weighted by molar-refractivity contribution is 9.10. The summed E-state index contributed by atoms with van der Waals surface area (Å²) in [5.41, 5.74) is 0.410. The van der Waals surface area contributed by atoms with E-state index in [4.69, 9.17) is 14.2 Å². The molecule has 0 fully saturated rings. The highest BCUT2D eigenvalue weighted by atomic mass is 79.9. The first-order chi connectivity index (χ1) is 11.4. The Kier molecular flexibility index (Phi) is 5.80. The number of hydrogen-bond donors (Lipinski definition) is 3. The van der Waals surface area contributed by atoms with Crippen molar-refractivity contribution in [2.75, 3.05) is 14.2 Å². The average Bonchev–Trinajstić information content (AvgIpc) is 2.57. The van der Waals surface area contributed by atoms with Crippen LogP contribution in [-0.4, -0.2) is 35.6 Å². The minimum atomic E-state index is -1.03. The van der Waals surface area contributed by atoms with E-state index in [1.54, 1.807) is 19.1 Å². The Balaban J connectivity index is 2.28. The number of ether oxygens (including phenoxy) is 3. The zero-order valence-electron chi connectivity index (χ0n) is 13.5. The first-order valence-electron chi connectivity index (χ1n) is 7.15. The van der Waals surface area contributed by atoms with Crippen LogP contribution in [0.25, 0.3) is 0 Å². The third kappa shape index (κ3) is 3.85. The van der Waals surface area contributed by atoms with Crippen LogP contribution in [0.5, 0.6) is 28.7 Å². The molecule has 0 radical (unpaired) electrons. The maximum Gasteiger partial charge on any atom is 0.203 e. The Hall–Kier alpha value is -2.12. The molecule has 6 nitrogen and oxygen atoms in total. The first kappa shape index (κ1) is 18.2. The number of hydrogen-bond acceptors (Lipinski definition) is 6. The molecular weight excluding hydrogens is 380 g/mol. The molecule has 3 N–H and O–H groups in total. The number of halogens is 1. The average molecular weight is 399 g/mol. The van der Waals surface area contributed by atoms with Crippen molar-refractivity contribution in [2.24, 2.45) is 0 Å². The quantitative estimate of drug-likeness (QED) is 0.646. The van der Waals surface area contributed by atoms with Gasteiger partial charge in [0.2, 0.25) is 5.75 Å². The number of rotatable bonds is 6. The predicted molar refractivity (Wildman–Crippen MR) is 92.1 cm³/mol. The molecule has 0 aliphatic carbocycles. The molecule has 2 rings (SSSR count). The summed E-state index contributed by atoms with van der Waals surface area (Å²) < 4.78 is 17.2. The van der Waals surface area contributed by atoms with Crippen molar-refractivity contribution in [3.63, 3.8) is 0 Å². The molecule has 0 bridgehead atoms. The molecule has 2 atom stereocenters. The standard InChI is InChI=1S/C17H19BrO6/c1-9(16(21)10-4-5-12(19)13(20)6-10)24-17-14(22-2)7-11(18)8-15(17)23-3/h4-9,16,19-21H,1-3H3/t9-,16-/m1/s1. The van der Waals surface area contributed by atoms with Gasteiger partial charge in [-0.1, -0.05) is 22.0 Å². The van der Waals surface area contributed by atoms with Gasteiger partial charge in [-0.3, -0.25) is 0 Å². The minimum Gasteiger partial charge on any atom is -0.504 e. The highest BCUT2D eigenvalue weighted by Crippen LogP contribution is 2.41. The van der Waals surface area contributed by atoms with E-state index >= 15 is 0 Å². The molecule has 0 heterocycles. The van der Waals surface area contributed by atoms with Crippen molar-refractivity contribution in [1.29, 1.82) is 0 Å². The number of methoxy groups -OCH3 is 2. The van der Waals surface area contributed by atoms with Gasteiger partial charge in [-0.2, -0.15) is 0 Å². The number of aromatic hydroxyl groups is 2. The van der Waals surface area contributed by atoms with Crippen LogP contribution >= 0.6 is 15.9 Å². The van der Waals surface area contributed by atoms with Crippen molar-refractivity contribution < 1.29 is 29.5 Å². The number of aliphatic hydroxyl groups excluding tert-OH is 1. The molecule has 0 spiro atoms. The summed E-state index contributed by atoms with van der Waals surface area (Å²) in [6.45, 7) is 1.68. The molecule has 2 aromatic rings. The second-order valence-electron chi connectivity index (χ2n) is 5.16. The predicted octanol–water partition coefficient (Wildman–Crippen LogP) is 3.38. The van der Waals surface area contributed by atoms with Crippen molar-refractivity contribution in [3.8, 4) is 28.7 Å². The first-order valence-corrected chi connectivity index (χ1v) is 7.94. The van der Waals surface area contributed by atoms with Gasteiger partial charge in [0.05, 0.1) is 14.2 Å². The topological polar surface area (TPSA) is 88.4 Å². The third-order valence-electron chi connectivity index (χ3n) is 3.51. The molecule has 0 amide bonds. The summed E-state index contributed by atoms with van der Waals surface area (Å²) in [6, 6.07) is 7.56. The van der Waals surface area contributed by atoms with E-state index in [0.29, 0.717) is 22.8 Å². The number of aliphatic hydroxyl groups is 1. The van der Waals surface area contributed by atoms with Crippen LogP contribution in [0.4, 0.5) is 0 Å². The lowest BCUT2D eigenvalue weighted by Crippen LogP contribution is -2.22. The fourth-order valence-corrected chi connectivity index (χ4v) is 2.63. The summed E-state index contributed by atoms with van der Waals surface area (Å²) in [4.78, 5) is 0. The Morgan fingerprint density at radius 2 is 1.54 bits per heavy atom. The van der Waals surface area contributed by atoms with Gasteiger partial charge in [-0.15, -0.1) is 0 Å². The summed E-state index contributed by atoms with van der Waals surface area (Å²) in [6.07, 6.45) is -1.70. The molecule has 7 heteroatoms. The molecule has 130 valence electrons. The van der Waals surface area contributed by atoms with Gasteiger partial charge in [0.15, 0.2) is 23.0 Å². The van der Waals surface area contributed by atoms with Crippen molar-refractivity contribution in [2.45, 2.75) is 19.1 Å². The molecule has 0 aliphatic rings. The lowest BCUT2D eigenvalue weighted by molar-refractivity contribution is 0.0433. The van der Waals surface area contributed by atoms with E-state index in [1.807, 2.05) is 0 Å². The summed E-state index contributed by atoms with van der Waals surface area (Å²) in [5.74, 6) is 0.703. The van der Waals surface area contributed by atoms with Crippen molar-refractivity contribution in [3.05, 3.63) is 40.4 Å². The van der Waals surface area contributed by atoms with E-state index in [9.17, 15) is 15.3 Å². The van der Waals surface area contributed by atoms with E-state index in [-0.39, 0.29) is 11.5 Å². The molecule has 2 aromatic carbocycles. The van der Waals surface area contributed by atoms with Crippen LogP contribution in [0.2, 0.25) is 0 Å². The molecule has 0 aliphatic heterocycles. The van der Waals surface area contributed by atoms with Crippen LogP contribution in [0.1, 0.15) is 18.6 Å². The van der Waals surface area contributed by atoms with E-state index in [0.717, 1.165) is 4.47 Å².